The van der Waals surface area contributed by atoms with Gasteiger partial charge in [0.1, 0.15) is 11.6 Å². The minimum Gasteiger partial charge on any atom is -0.462 e. The number of ketones is 1. The molecule has 0 bridgehead atoms. The monoisotopic (exact) mass is 300 g/mol. The molecule has 0 spiro atoms. The van der Waals surface area contributed by atoms with Crippen LogP contribution >= 0.6 is 0 Å². The summed E-state index contributed by atoms with van der Waals surface area (Å²) in [6.07, 6.45) is 0. The molecule has 1 amide bonds. The third-order valence-electron chi connectivity index (χ3n) is 4.01. The minimum atomic E-state index is -0.653. The molecule has 5 heteroatoms. The fraction of sp³-hybridized carbons (Fsp3) is 0.353. The number of ether oxygens (including phenoxy) is 1. The maximum absolute atomic E-state index is 12.7. The quantitative estimate of drug-likeness (QED) is 0.487. The van der Waals surface area contributed by atoms with E-state index in [0.29, 0.717) is 16.8 Å². The number of carbonyl (C=O) groups excluding carboxylic acids is 3. The topological polar surface area (TPSA) is 63.7 Å². The standard InChI is InChI=1S/C17H17NO4/c1-4-22-17(21)12-14-10-7-5-6-8-11(10)16(20)18(14)13(9(2)3)15(12)19/h5-9,13H,4H2,1-3H3/i12+1. The molecular weight excluding hydrogens is 283 g/mol. The normalized spacial score (nSPS) is 19.8. The predicted molar refractivity (Wildman–Crippen MR) is 79.8 cm³/mol. The molecule has 2 aliphatic rings. The van der Waals surface area contributed by atoms with E-state index in [2.05, 4.69) is 0 Å². The van der Waals surface area contributed by atoms with Crippen LogP contribution in [0.25, 0.3) is 5.70 Å². The summed E-state index contributed by atoms with van der Waals surface area (Å²) in [5.74, 6) is -1.30. The van der Waals surface area contributed by atoms with E-state index in [1.54, 1.807) is 31.2 Å². The minimum absolute atomic E-state index is 0.00106. The summed E-state index contributed by atoms with van der Waals surface area (Å²) < 4.78 is 5.03. The summed E-state index contributed by atoms with van der Waals surface area (Å²) in [6.45, 7) is 5.61. The lowest BCUT2D eigenvalue weighted by atomic mass is 10.0. The predicted octanol–water partition coefficient (Wildman–Crippen LogP) is 2.02. The van der Waals surface area contributed by atoms with Gasteiger partial charge >= 0.3 is 5.97 Å². The Kier molecular flexibility index (Phi) is 3.35. The van der Waals surface area contributed by atoms with E-state index in [1.807, 2.05) is 13.8 Å². The molecule has 2 heterocycles. The third kappa shape index (κ3) is 1.81. The number of nitrogens with zero attached hydrogens (tertiary/aromatic N) is 1. The van der Waals surface area contributed by atoms with Gasteiger partial charge in [-0.25, -0.2) is 4.79 Å². The van der Waals surface area contributed by atoms with E-state index in [9.17, 15) is 14.4 Å². The number of fused-ring (bicyclic) bond motifs is 3. The molecule has 1 aromatic carbocycles. The van der Waals surface area contributed by atoms with Crippen molar-refractivity contribution in [1.29, 1.82) is 0 Å². The van der Waals surface area contributed by atoms with Gasteiger partial charge in [0, 0.05) is 11.1 Å². The lowest BCUT2D eigenvalue weighted by Gasteiger charge is -2.24. The van der Waals surface area contributed by atoms with Crippen molar-refractivity contribution >= 4 is 23.4 Å². The van der Waals surface area contributed by atoms with Crippen LogP contribution in [-0.2, 0) is 14.3 Å². The summed E-state index contributed by atoms with van der Waals surface area (Å²) in [4.78, 5) is 39.0. The van der Waals surface area contributed by atoms with Crippen molar-refractivity contribution in [2.45, 2.75) is 26.8 Å². The lowest BCUT2D eigenvalue weighted by molar-refractivity contribution is -0.140. The molecule has 22 heavy (non-hydrogen) atoms. The van der Waals surface area contributed by atoms with Crippen LogP contribution in [0.15, 0.2) is 29.8 Å². The van der Waals surface area contributed by atoms with Gasteiger partial charge < -0.3 is 4.74 Å². The van der Waals surface area contributed by atoms with E-state index in [0.717, 1.165) is 0 Å². The highest BCUT2D eigenvalue weighted by atomic mass is 16.5. The van der Waals surface area contributed by atoms with Crippen molar-refractivity contribution in [2.75, 3.05) is 6.61 Å². The fourth-order valence-electron chi connectivity index (χ4n) is 3.14. The molecule has 0 aromatic heterocycles. The first kappa shape index (κ1) is 14.5. The highest BCUT2D eigenvalue weighted by Crippen LogP contribution is 2.43. The Balaban J connectivity index is 2.24. The highest BCUT2D eigenvalue weighted by molar-refractivity contribution is 6.32. The van der Waals surface area contributed by atoms with E-state index in [1.165, 1.54) is 4.90 Å². The van der Waals surface area contributed by atoms with Gasteiger partial charge in [-0.2, -0.15) is 0 Å². The van der Waals surface area contributed by atoms with E-state index in [-0.39, 0.29) is 29.8 Å². The first-order chi connectivity index (χ1) is 10.5. The van der Waals surface area contributed by atoms with Crippen LogP contribution in [0, 0.1) is 5.92 Å². The summed E-state index contributed by atoms with van der Waals surface area (Å²) in [5, 5.41) is 0. The SMILES string of the molecule is CCOC(=O)[13C]1=C2c3ccccc3C(=O)N2C(C(C)C)C1=O. The van der Waals surface area contributed by atoms with Crippen LogP contribution in [0.3, 0.4) is 0 Å². The Morgan fingerprint density at radius 1 is 1.23 bits per heavy atom. The van der Waals surface area contributed by atoms with Crippen LogP contribution < -0.4 is 0 Å². The molecule has 1 aromatic rings. The summed E-state index contributed by atoms with van der Waals surface area (Å²) in [5.41, 5.74) is 1.56. The van der Waals surface area contributed by atoms with Gasteiger partial charge in [0.2, 0.25) is 0 Å². The molecule has 0 N–H and O–H groups in total. The van der Waals surface area contributed by atoms with Gasteiger partial charge in [0.05, 0.1) is 12.3 Å². The third-order valence-corrected chi connectivity index (χ3v) is 4.01. The smallest absolute Gasteiger partial charge is 0.344 e. The Hall–Kier alpha value is -2.43. The molecule has 114 valence electrons. The molecule has 5 nitrogen and oxygen atoms in total. The summed E-state index contributed by atoms with van der Waals surface area (Å²) >= 11 is 0. The van der Waals surface area contributed by atoms with Gasteiger partial charge in [0.25, 0.3) is 5.91 Å². The van der Waals surface area contributed by atoms with Crippen LogP contribution in [0.5, 0.6) is 0 Å². The van der Waals surface area contributed by atoms with Crippen LogP contribution in [0.1, 0.15) is 36.7 Å². The zero-order valence-corrected chi connectivity index (χ0v) is 12.8. The van der Waals surface area contributed by atoms with Crippen molar-refractivity contribution in [3.05, 3.63) is 41.0 Å². The highest BCUT2D eigenvalue weighted by Gasteiger charge is 2.51. The van der Waals surface area contributed by atoms with Gasteiger partial charge in [-0.05, 0) is 18.9 Å². The second kappa shape index (κ2) is 5.09. The van der Waals surface area contributed by atoms with E-state index >= 15 is 0 Å². The average Bonchev–Trinajstić information content (AvgIpc) is 2.93. The van der Waals surface area contributed by atoms with E-state index in [4.69, 9.17) is 4.74 Å². The van der Waals surface area contributed by atoms with Gasteiger partial charge in [-0.1, -0.05) is 32.0 Å². The van der Waals surface area contributed by atoms with Crippen molar-refractivity contribution < 1.29 is 19.1 Å². The second-order valence-corrected chi connectivity index (χ2v) is 5.72. The largest absolute Gasteiger partial charge is 0.462 e. The molecular formula is C17H17NO4. The molecule has 3 rings (SSSR count). The summed E-state index contributed by atoms with van der Waals surface area (Å²) in [6, 6.07) is 6.40. The van der Waals surface area contributed by atoms with Crippen LogP contribution in [0.4, 0.5) is 0 Å². The number of esters is 1. The molecule has 0 saturated carbocycles. The number of carbonyl (C=O) groups is 3. The molecule has 1 atom stereocenters. The van der Waals surface area contributed by atoms with Gasteiger partial charge in [-0.15, -0.1) is 0 Å². The molecule has 2 aliphatic heterocycles. The maximum Gasteiger partial charge on any atom is 0.344 e. The Morgan fingerprint density at radius 2 is 1.86 bits per heavy atom. The number of amides is 1. The van der Waals surface area contributed by atoms with E-state index < -0.39 is 12.0 Å². The first-order valence-electron chi connectivity index (χ1n) is 7.37. The van der Waals surface area contributed by atoms with Crippen molar-refractivity contribution in [3.63, 3.8) is 0 Å². The zero-order valence-electron chi connectivity index (χ0n) is 12.8. The Bertz CT molecular complexity index is 717. The first-order valence-corrected chi connectivity index (χ1v) is 7.37. The molecule has 0 aliphatic carbocycles. The van der Waals surface area contributed by atoms with Crippen molar-refractivity contribution in [1.82, 2.24) is 4.90 Å². The second-order valence-electron chi connectivity index (χ2n) is 5.72. The number of benzene rings is 1. The van der Waals surface area contributed by atoms with Gasteiger partial charge in [-0.3, -0.25) is 14.5 Å². The van der Waals surface area contributed by atoms with Crippen LogP contribution in [0.2, 0.25) is 0 Å². The number of Topliss-reactive ketones (excluding diaryl/α,β-unsaturated/α-hetero) is 1. The maximum atomic E-state index is 12.7. The van der Waals surface area contributed by atoms with Crippen molar-refractivity contribution in [3.8, 4) is 0 Å². The Morgan fingerprint density at radius 3 is 2.45 bits per heavy atom. The van der Waals surface area contributed by atoms with Crippen LogP contribution in [-0.4, -0.2) is 35.2 Å². The average molecular weight is 300 g/mol. The summed E-state index contributed by atoms with van der Waals surface area (Å²) in [7, 11) is 0. The van der Waals surface area contributed by atoms with Crippen molar-refractivity contribution in [2.24, 2.45) is 5.92 Å². The lowest BCUT2D eigenvalue weighted by Crippen LogP contribution is -2.40. The molecule has 0 saturated heterocycles. The fourth-order valence-corrected chi connectivity index (χ4v) is 3.14. The number of hydrogen-bond donors (Lipinski definition) is 0. The van der Waals surface area contributed by atoms with Gasteiger partial charge in [0.15, 0.2) is 5.78 Å². The number of rotatable bonds is 3. The molecule has 0 radical (unpaired) electrons. The molecule has 1 unspecified atom stereocenters. The zero-order chi connectivity index (χ0) is 16.0. The molecule has 0 fully saturated rings. The Labute approximate surface area is 128 Å². The number of hydrogen-bond acceptors (Lipinski definition) is 4.